The molecular weight excluding hydrogens is 681 g/mol. The number of aliphatic hydroxyl groups excluding tert-OH is 1. The second-order valence-corrected chi connectivity index (χ2v) is 19.5. The number of benzene rings is 1. The summed E-state index contributed by atoms with van der Waals surface area (Å²) in [5.74, 6) is 0.282. The molecule has 6 aliphatic rings. The molecule has 2 spiro atoms. The fourth-order valence-corrected chi connectivity index (χ4v) is 15.3. The SMILES string of the molecule is COCO[C@@H]1CCS[C@@H]2SC[C@@H](C(O)C3CS[C@@H]4SC[C@@H](CCOCc5ccccc5)[C@H]5OC(C)(C)O[C@@]45C3=O)[C@H]3OC(C)(C)O[C@@]231. The Morgan fingerprint density at radius 2 is 1.66 bits per heavy atom. The lowest BCUT2D eigenvalue weighted by Crippen LogP contribution is -2.69. The van der Waals surface area contributed by atoms with Crippen LogP contribution in [0.1, 0.15) is 46.1 Å². The molecule has 0 amide bonds. The minimum atomic E-state index is -1.15. The zero-order valence-electron chi connectivity index (χ0n) is 27.8. The highest BCUT2D eigenvalue weighted by Crippen LogP contribution is 2.61. The number of carbonyl (C=O) groups is 1. The first-order chi connectivity index (χ1) is 22.5. The van der Waals surface area contributed by atoms with Gasteiger partial charge >= 0.3 is 0 Å². The second-order valence-electron chi connectivity index (χ2n) is 14.3. The maximum Gasteiger partial charge on any atom is 0.177 e. The van der Waals surface area contributed by atoms with Crippen molar-refractivity contribution >= 4 is 52.8 Å². The van der Waals surface area contributed by atoms with Gasteiger partial charge in [0.2, 0.25) is 0 Å². The third-order valence-electron chi connectivity index (χ3n) is 10.2. The summed E-state index contributed by atoms with van der Waals surface area (Å²) >= 11 is 7.17. The summed E-state index contributed by atoms with van der Waals surface area (Å²) in [7, 11) is 1.62. The summed E-state index contributed by atoms with van der Waals surface area (Å²) in [5.41, 5.74) is -0.782. The van der Waals surface area contributed by atoms with Crippen molar-refractivity contribution in [2.75, 3.05) is 43.5 Å². The first-order valence-electron chi connectivity index (χ1n) is 16.7. The molecule has 7 rings (SSSR count). The zero-order valence-corrected chi connectivity index (χ0v) is 31.1. The van der Waals surface area contributed by atoms with E-state index in [1.165, 1.54) is 0 Å². The van der Waals surface area contributed by atoms with Gasteiger partial charge in [0.05, 0.1) is 33.9 Å². The van der Waals surface area contributed by atoms with Gasteiger partial charge in [0.25, 0.3) is 0 Å². The summed E-state index contributed by atoms with van der Waals surface area (Å²) in [6, 6.07) is 10.2. The average molecular weight is 729 g/mol. The molecule has 47 heavy (non-hydrogen) atoms. The largest absolute Gasteiger partial charge is 0.392 e. The van der Waals surface area contributed by atoms with E-state index < -0.39 is 47.0 Å². The molecule has 1 N–H and O–H groups in total. The van der Waals surface area contributed by atoms with Gasteiger partial charge in [-0.15, -0.1) is 47.0 Å². The molecule has 6 fully saturated rings. The number of ether oxygens (including phenoxy) is 7. The number of methoxy groups -OCH3 is 1. The van der Waals surface area contributed by atoms with E-state index in [1.54, 1.807) is 42.4 Å². The van der Waals surface area contributed by atoms with Gasteiger partial charge in [0.15, 0.2) is 23.0 Å². The van der Waals surface area contributed by atoms with Crippen molar-refractivity contribution in [2.45, 2.75) is 103 Å². The monoisotopic (exact) mass is 728 g/mol. The summed E-state index contributed by atoms with van der Waals surface area (Å²) < 4.78 is 44.5. The Kier molecular flexibility index (Phi) is 10.4. The van der Waals surface area contributed by atoms with Crippen LogP contribution >= 0.6 is 47.0 Å². The highest BCUT2D eigenvalue weighted by molar-refractivity contribution is 8.17. The Morgan fingerprint density at radius 3 is 2.45 bits per heavy atom. The van der Waals surface area contributed by atoms with Crippen LogP contribution in [0.5, 0.6) is 0 Å². The van der Waals surface area contributed by atoms with Gasteiger partial charge in [0.1, 0.15) is 24.6 Å². The van der Waals surface area contributed by atoms with Gasteiger partial charge in [-0.3, -0.25) is 4.79 Å². The Labute approximate surface area is 295 Å². The van der Waals surface area contributed by atoms with Crippen LogP contribution in [0.25, 0.3) is 0 Å². The van der Waals surface area contributed by atoms with Crippen molar-refractivity contribution < 1.29 is 43.1 Å². The topological polar surface area (TPSA) is 102 Å². The van der Waals surface area contributed by atoms with Crippen molar-refractivity contribution in [3.05, 3.63) is 35.9 Å². The molecule has 11 atom stereocenters. The van der Waals surface area contributed by atoms with E-state index in [4.69, 9.17) is 33.2 Å². The zero-order chi connectivity index (χ0) is 33.0. The van der Waals surface area contributed by atoms with Crippen LogP contribution in [0, 0.1) is 17.8 Å². The summed E-state index contributed by atoms with van der Waals surface area (Å²) in [4.78, 5) is 15.0. The molecule has 1 aromatic carbocycles. The van der Waals surface area contributed by atoms with E-state index in [9.17, 15) is 9.90 Å². The number of thioether (sulfide) groups is 4. The van der Waals surface area contributed by atoms with Crippen molar-refractivity contribution in [3.8, 4) is 0 Å². The molecule has 6 aliphatic heterocycles. The van der Waals surface area contributed by atoms with Crippen LogP contribution in [0.15, 0.2) is 30.3 Å². The molecule has 0 aliphatic carbocycles. The molecular formula is C34H48O9S4. The fraction of sp³-hybridized carbons (Fsp3) is 0.794. The van der Waals surface area contributed by atoms with Gasteiger partial charge in [0, 0.05) is 36.9 Å². The van der Waals surface area contributed by atoms with E-state index in [0.29, 0.717) is 24.7 Å². The van der Waals surface area contributed by atoms with E-state index in [1.807, 2.05) is 57.7 Å². The molecule has 6 heterocycles. The average Bonchev–Trinajstić information content (AvgIpc) is 3.51. The maximum atomic E-state index is 15.0. The molecule has 1 aromatic rings. The number of ketones is 1. The van der Waals surface area contributed by atoms with Crippen LogP contribution in [-0.2, 0) is 44.6 Å². The maximum absolute atomic E-state index is 15.0. The van der Waals surface area contributed by atoms with Gasteiger partial charge < -0.3 is 38.3 Å². The lowest BCUT2D eigenvalue weighted by Gasteiger charge is -2.54. The second kappa shape index (κ2) is 13.8. The third-order valence-corrected chi connectivity index (χ3v) is 16.7. The van der Waals surface area contributed by atoms with E-state index >= 15 is 0 Å². The standard InChI is InChI=1S/C34H48O9S4/c1-31(2)40-27-21(11-13-38-15-20-9-7-6-8-10-20)16-45-30-34(27,43-31)26(36)22(17-46-30)25(35)23-18-47-29-33(28(23)41-32(3,4)42-33)24(12-14-44-29)39-19-37-5/h6-10,21-25,27-30,35H,11-19H2,1-5H3/t21-,22?,23+,24-,25?,27-,28-,29-,30+,33-,34-/m1/s1. The molecule has 6 saturated heterocycles. The number of hydrogen-bond acceptors (Lipinski definition) is 13. The number of carbonyl (C=O) groups excluding carboxylic acids is 1. The van der Waals surface area contributed by atoms with Gasteiger partial charge in [-0.05, 0) is 57.8 Å². The van der Waals surface area contributed by atoms with E-state index in [2.05, 4.69) is 12.1 Å². The molecule has 9 nitrogen and oxygen atoms in total. The van der Waals surface area contributed by atoms with Crippen LogP contribution in [0.4, 0.5) is 0 Å². The molecule has 0 aromatic heterocycles. The lowest BCUT2D eigenvalue weighted by atomic mass is 9.73. The number of Topliss-reactive ketones (excluding diaryl/α,β-unsaturated/α-hetero) is 1. The first kappa shape index (κ1) is 35.4. The van der Waals surface area contributed by atoms with E-state index in [0.717, 1.165) is 29.9 Å². The predicted molar refractivity (Wildman–Crippen MR) is 187 cm³/mol. The summed E-state index contributed by atoms with van der Waals surface area (Å²) in [6.45, 7) is 8.94. The minimum Gasteiger partial charge on any atom is -0.392 e. The minimum absolute atomic E-state index is 0.0451. The van der Waals surface area contributed by atoms with Crippen molar-refractivity contribution in [2.24, 2.45) is 17.8 Å². The Balaban J connectivity index is 1.12. The van der Waals surface area contributed by atoms with Crippen LogP contribution in [-0.4, -0.2) is 111 Å². The third kappa shape index (κ3) is 6.39. The van der Waals surface area contributed by atoms with Gasteiger partial charge in [-0.1, -0.05) is 30.3 Å². The van der Waals surface area contributed by atoms with Crippen LogP contribution in [0.2, 0.25) is 0 Å². The van der Waals surface area contributed by atoms with Crippen LogP contribution in [0.3, 0.4) is 0 Å². The molecule has 13 heteroatoms. The molecule has 0 bridgehead atoms. The Bertz CT molecular complexity index is 1270. The van der Waals surface area contributed by atoms with Gasteiger partial charge in [-0.2, -0.15) is 0 Å². The van der Waals surface area contributed by atoms with Crippen molar-refractivity contribution in [1.29, 1.82) is 0 Å². The quantitative estimate of drug-likeness (QED) is 0.254. The van der Waals surface area contributed by atoms with E-state index in [-0.39, 0.29) is 39.7 Å². The van der Waals surface area contributed by atoms with Crippen molar-refractivity contribution in [1.82, 2.24) is 0 Å². The summed E-state index contributed by atoms with van der Waals surface area (Å²) in [6.07, 6.45) is -0.496. The Morgan fingerprint density at radius 1 is 0.936 bits per heavy atom. The number of rotatable bonds is 10. The molecule has 2 unspecified atom stereocenters. The highest BCUT2D eigenvalue weighted by atomic mass is 32.2. The lowest BCUT2D eigenvalue weighted by molar-refractivity contribution is -0.203. The summed E-state index contributed by atoms with van der Waals surface area (Å²) in [5, 5.41) is 12.3. The smallest absolute Gasteiger partial charge is 0.177 e. The Hall–Kier alpha value is -0.0300. The van der Waals surface area contributed by atoms with Crippen LogP contribution < -0.4 is 0 Å². The highest BCUT2D eigenvalue weighted by Gasteiger charge is 2.72. The molecule has 0 radical (unpaired) electrons. The number of hydrogen-bond donors (Lipinski definition) is 1. The predicted octanol–water partition coefficient (Wildman–Crippen LogP) is 5.17. The number of aliphatic hydroxyl groups is 1. The van der Waals surface area contributed by atoms with Gasteiger partial charge in [-0.25, -0.2) is 0 Å². The molecule has 262 valence electrons. The molecule has 0 saturated carbocycles. The normalized spacial score (nSPS) is 42.6. The fourth-order valence-electron chi connectivity index (χ4n) is 8.41. The van der Waals surface area contributed by atoms with Crippen molar-refractivity contribution in [3.63, 3.8) is 0 Å². The first-order valence-corrected chi connectivity index (χ1v) is 20.9.